The van der Waals surface area contributed by atoms with Gasteiger partial charge < -0.3 is 20.4 Å². The number of anilines is 1. The molecule has 7 heteroatoms. The number of aryl methyl sites for hydroxylation is 1. The Morgan fingerprint density at radius 2 is 1.59 bits per heavy atom. The predicted molar refractivity (Wildman–Crippen MR) is 102 cm³/mol. The number of urea groups is 2. The number of amides is 4. The highest BCUT2D eigenvalue weighted by Crippen LogP contribution is 2.11. The van der Waals surface area contributed by atoms with Crippen molar-refractivity contribution in [1.82, 2.24) is 15.1 Å². The Morgan fingerprint density at radius 1 is 0.963 bits per heavy atom. The van der Waals surface area contributed by atoms with Gasteiger partial charge in [0.1, 0.15) is 5.82 Å². The van der Waals surface area contributed by atoms with Gasteiger partial charge in [0, 0.05) is 38.4 Å². The molecule has 0 aliphatic carbocycles. The Kier molecular flexibility index (Phi) is 5.90. The average molecular weight is 370 g/mol. The number of para-hydroxylation sites is 1. The van der Waals surface area contributed by atoms with E-state index in [4.69, 9.17) is 0 Å². The molecule has 3 rings (SSSR count). The lowest BCUT2D eigenvalue weighted by Gasteiger charge is -2.34. The summed E-state index contributed by atoms with van der Waals surface area (Å²) in [7, 11) is 0. The number of hydrogen-bond acceptors (Lipinski definition) is 2. The van der Waals surface area contributed by atoms with Gasteiger partial charge in [0.25, 0.3) is 0 Å². The van der Waals surface area contributed by atoms with Crippen LogP contribution in [0.4, 0.5) is 19.7 Å². The fourth-order valence-corrected chi connectivity index (χ4v) is 2.87. The van der Waals surface area contributed by atoms with Gasteiger partial charge in [-0.3, -0.25) is 0 Å². The van der Waals surface area contributed by atoms with Crippen molar-refractivity contribution in [2.45, 2.75) is 13.5 Å². The highest BCUT2D eigenvalue weighted by atomic mass is 19.1. The Balaban J connectivity index is 1.44. The molecule has 0 bridgehead atoms. The van der Waals surface area contributed by atoms with E-state index in [0.29, 0.717) is 37.3 Å². The summed E-state index contributed by atoms with van der Waals surface area (Å²) >= 11 is 0. The van der Waals surface area contributed by atoms with Crippen LogP contribution >= 0.6 is 0 Å². The standard InChI is InChI=1S/C20H23FN4O2/c1-15-7-8-16(13-18(15)21)14-22-19(26)24-9-11-25(12-10-24)20(27)23-17-5-3-2-4-6-17/h2-8,13H,9-12,14H2,1H3,(H,22,26)(H,23,27). The number of benzene rings is 2. The van der Waals surface area contributed by atoms with Gasteiger partial charge in [0.15, 0.2) is 0 Å². The van der Waals surface area contributed by atoms with Gasteiger partial charge in [-0.1, -0.05) is 30.3 Å². The van der Waals surface area contributed by atoms with E-state index in [0.717, 1.165) is 5.69 Å². The summed E-state index contributed by atoms with van der Waals surface area (Å²) in [4.78, 5) is 27.9. The van der Waals surface area contributed by atoms with Crippen LogP contribution in [0.2, 0.25) is 0 Å². The molecule has 27 heavy (non-hydrogen) atoms. The number of rotatable bonds is 3. The first-order valence-electron chi connectivity index (χ1n) is 8.92. The number of carbonyl (C=O) groups is 2. The van der Waals surface area contributed by atoms with Crippen LogP contribution in [0.3, 0.4) is 0 Å². The van der Waals surface area contributed by atoms with Gasteiger partial charge in [0.2, 0.25) is 0 Å². The Labute approximate surface area is 158 Å². The molecule has 1 aliphatic rings. The molecule has 0 saturated carbocycles. The fourth-order valence-electron chi connectivity index (χ4n) is 2.87. The van der Waals surface area contributed by atoms with Crippen LogP contribution in [0.1, 0.15) is 11.1 Å². The monoisotopic (exact) mass is 370 g/mol. The lowest BCUT2D eigenvalue weighted by Crippen LogP contribution is -2.53. The van der Waals surface area contributed by atoms with E-state index in [1.807, 2.05) is 30.3 Å². The predicted octanol–water partition coefficient (Wildman–Crippen LogP) is 3.19. The molecular weight excluding hydrogens is 347 g/mol. The van der Waals surface area contributed by atoms with Gasteiger partial charge in [-0.25, -0.2) is 14.0 Å². The number of piperazine rings is 1. The second-order valence-corrected chi connectivity index (χ2v) is 6.51. The molecule has 0 spiro atoms. The summed E-state index contributed by atoms with van der Waals surface area (Å²) < 4.78 is 13.6. The molecule has 4 amide bonds. The Morgan fingerprint density at radius 3 is 2.22 bits per heavy atom. The molecule has 6 nitrogen and oxygen atoms in total. The van der Waals surface area contributed by atoms with E-state index in [9.17, 15) is 14.0 Å². The molecule has 0 aromatic heterocycles. The second-order valence-electron chi connectivity index (χ2n) is 6.51. The van der Waals surface area contributed by atoms with Gasteiger partial charge in [0.05, 0.1) is 0 Å². The number of hydrogen-bond donors (Lipinski definition) is 2. The molecule has 1 aliphatic heterocycles. The second kappa shape index (κ2) is 8.53. The first-order chi connectivity index (χ1) is 13.0. The van der Waals surface area contributed by atoms with E-state index < -0.39 is 0 Å². The van der Waals surface area contributed by atoms with Crippen molar-refractivity contribution < 1.29 is 14.0 Å². The minimum absolute atomic E-state index is 0.170. The molecule has 2 aromatic rings. The fraction of sp³-hybridized carbons (Fsp3) is 0.300. The van der Waals surface area contributed by atoms with Crippen molar-refractivity contribution in [3.8, 4) is 0 Å². The van der Waals surface area contributed by atoms with Crippen molar-refractivity contribution in [3.63, 3.8) is 0 Å². The molecule has 2 aromatic carbocycles. The van der Waals surface area contributed by atoms with Crippen LogP contribution in [0.25, 0.3) is 0 Å². The highest BCUT2D eigenvalue weighted by molar-refractivity contribution is 5.89. The normalized spacial score (nSPS) is 14.0. The zero-order valence-corrected chi connectivity index (χ0v) is 15.2. The third-order valence-electron chi connectivity index (χ3n) is 4.56. The molecule has 1 heterocycles. The first-order valence-corrected chi connectivity index (χ1v) is 8.92. The molecule has 1 fully saturated rings. The van der Waals surface area contributed by atoms with Gasteiger partial charge in [-0.05, 0) is 36.2 Å². The third-order valence-corrected chi connectivity index (χ3v) is 4.56. The van der Waals surface area contributed by atoms with E-state index in [1.165, 1.54) is 6.07 Å². The van der Waals surface area contributed by atoms with Crippen LogP contribution in [-0.4, -0.2) is 48.0 Å². The molecule has 0 unspecified atom stereocenters. The van der Waals surface area contributed by atoms with Crippen molar-refractivity contribution >= 4 is 17.7 Å². The minimum atomic E-state index is -0.278. The summed E-state index contributed by atoms with van der Waals surface area (Å²) in [6.45, 7) is 3.80. The van der Waals surface area contributed by atoms with E-state index in [-0.39, 0.29) is 24.4 Å². The van der Waals surface area contributed by atoms with Crippen LogP contribution in [0.15, 0.2) is 48.5 Å². The minimum Gasteiger partial charge on any atom is -0.334 e. The number of halogens is 1. The van der Waals surface area contributed by atoms with E-state index in [1.54, 1.807) is 28.9 Å². The number of nitrogens with zero attached hydrogens (tertiary/aromatic N) is 2. The molecule has 0 atom stereocenters. The maximum absolute atomic E-state index is 13.6. The largest absolute Gasteiger partial charge is 0.334 e. The zero-order valence-electron chi connectivity index (χ0n) is 15.2. The molecule has 142 valence electrons. The molecule has 0 radical (unpaired) electrons. The van der Waals surface area contributed by atoms with Crippen molar-refractivity contribution in [2.24, 2.45) is 0 Å². The quantitative estimate of drug-likeness (QED) is 0.872. The zero-order chi connectivity index (χ0) is 19.2. The van der Waals surface area contributed by atoms with E-state index >= 15 is 0 Å². The lowest BCUT2D eigenvalue weighted by atomic mass is 10.1. The van der Waals surface area contributed by atoms with Crippen molar-refractivity contribution in [1.29, 1.82) is 0 Å². The van der Waals surface area contributed by atoms with Crippen LogP contribution in [0.5, 0.6) is 0 Å². The van der Waals surface area contributed by atoms with Gasteiger partial charge in [-0.2, -0.15) is 0 Å². The van der Waals surface area contributed by atoms with Gasteiger partial charge in [-0.15, -0.1) is 0 Å². The lowest BCUT2D eigenvalue weighted by molar-refractivity contribution is 0.149. The maximum atomic E-state index is 13.6. The summed E-state index contributed by atoms with van der Waals surface area (Å²) in [6.07, 6.45) is 0. The topological polar surface area (TPSA) is 64.7 Å². The Hall–Kier alpha value is -3.09. The van der Waals surface area contributed by atoms with Crippen LogP contribution in [0, 0.1) is 12.7 Å². The molecular formula is C20H23FN4O2. The summed E-state index contributed by atoms with van der Waals surface area (Å²) in [5.41, 5.74) is 2.04. The SMILES string of the molecule is Cc1ccc(CNC(=O)N2CCN(C(=O)Nc3ccccc3)CC2)cc1F. The smallest absolute Gasteiger partial charge is 0.321 e. The summed E-state index contributed by atoms with van der Waals surface area (Å²) in [5, 5.41) is 5.65. The number of nitrogens with one attached hydrogen (secondary N) is 2. The molecule has 2 N–H and O–H groups in total. The first kappa shape index (κ1) is 18.7. The van der Waals surface area contributed by atoms with E-state index in [2.05, 4.69) is 10.6 Å². The van der Waals surface area contributed by atoms with Crippen LogP contribution in [-0.2, 0) is 6.54 Å². The summed E-state index contributed by atoms with van der Waals surface area (Å²) in [6, 6.07) is 13.8. The number of carbonyl (C=O) groups excluding carboxylic acids is 2. The van der Waals surface area contributed by atoms with Crippen LogP contribution < -0.4 is 10.6 Å². The van der Waals surface area contributed by atoms with Crippen molar-refractivity contribution in [3.05, 3.63) is 65.5 Å². The Bertz CT molecular complexity index is 805. The average Bonchev–Trinajstić information content (AvgIpc) is 2.69. The van der Waals surface area contributed by atoms with Gasteiger partial charge >= 0.3 is 12.1 Å². The third kappa shape index (κ3) is 4.97. The summed E-state index contributed by atoms with van der Waals surface area (Å²) in [5.74, 6) is -0.278. The van der Waals surface area contributed by atoms with Crippen molar-refractivity contribution in [2.75, 3.05) is 31.5 Å². The highest BCUT2D eigenvalue weighted by Gasteiger charge is 2.24. The molecule has 1 saturated heterocycles. The maximum Gasteiger partial charge on any atom is 0.321 e.